The molecule has 1 amide bonds. The van der Waals surface area contributed by atoms with Gasteiger partial charge in [-0.25, -0.2) is 4.39 Å². The number of nitrogens with one attached hydrogen (secondary N) is 1. The standard InChI is InChI=1S/C26H32FN3O7/c1-25(2,3)29-9-12-14(27)8-11-6-10-7-13-18(30(4)5)21(33)17(24(28)36)23(35)26(13,37)22(34)16(10)20(32)15(11)19(12)31/h8,10,13,18,29,31-32,35,37H,6-7,9H2,1-5H3,(H2,28,36)/t10-,13-,18-,26-/m0/s1. The van der Waals surface area contributed by atoms with Crippen molar-refractivity contribution in [3.05, 3.63) is 45.5 Å². The number of phenolic OH excluding ortho intramolecular Hbond substituents is 1. The van der Waals surface area contributed by atoms with E-state index in [9.17, 15) is 34.8 Å². The van der Waals surface area contributed by atoms with Crippen molar-refractivity contribution in [1.82, 2.24) is 10.2 Å². The Labute approximate surface area is 213 Å². The minimum Gasteiger partial charge on any atom is -0.508 e. The van der Waals surface area contributed by atoms with Crippen molar-refractivity contribution in [3.8, 4) is 5.75 Å². The summed E-state index contributed by atoms with van der Waals surface area (Å²) in [4.78, 5) is 40.3. The van der Waals surface area contributed by atoms with Gasteiger partial charge >= 0.3 is 0 Å². The molecule has 200 valence electrons. The summed E-state index contributed by atoms with van der Waals surface area (Å²) >= 11 is 0. The molecule has 0 saturated heterocycles. The summed E-state index contributed by atoms with van der Waals surface area (Å²) < 4.78 is 15.0. The van der Waals surface area contributed by atoms with Gasteiger partial charge in [-0.3, -0.25) is 19.3 Å². The van der Waals surface area contributed by atoms with Gasteiger partial charge in [0, 0.05) is 29.1 Å². The number of halogens is 1. The molecule has 7 N–H and O–H groups in total. The molecule has 10 nitrogen and oxygen atoms in total. The summed E-state index contributed by atoms with van der Waals surface area (Å²) in [6.45, 7) is 5.52. The molecule has 0 aliphatic heterocycles. The van der Waals surface area contributed by atoms with Crippen LogP contribution < -0.4 is 11.1 Å². The number of aliphatic hydroxyl groups excluding tert-OH is 2. The van der Waals surface area contributed by atoms with E-state index in [4.69, 9.17) is 5.73 Å². The molecule has 1 aromatic carbocycles. The summed E-state index contributed by atoms with van der Waals surface area (Å²) in [6, 6.07) is 0.0267. The summed E-state index contributed by atoms with van der Waals surface area (Å²) in [7, 11) is 3.04. The highest BCUT2D eigenvalue weighted by molar-refractivity contribution is 6.24. The van der Waals surface area contributed by atoms with Crippen molar-refractivity contribution in [2.75, 3.05) is 14.1 Å². The molecule has 37 heavy (non-hydrogen) atoms. The number of likely N-dealkylation sites (N-methyl/N-ethyl adjacent to an activating group) is 1. The zero-order valence-corrected chi connectivity index (χ0v) is 21.3. The molecular formula is C26H32FN3O7. The van der Waals surface area contributed by atoms with E-state index < -0.39 is 75.1 Å². The predicted molar refractivity (Wildman–Crippen MR) is 131 cm³/mol. The number of carbonyl (C=O) groups excluding carboxylic acids is 3. The fourth-order valence-corrected chi connectivity index (χ4v) is 5.83. The van der Waals surface area contributed by atoms with E-state index in [1.165, 1.54) is 25.1 Å². The number of nitrogens with zero attached hydrogens (tertiary/aromatic N) is 1. The highest BCUT2D eigenvalue weighted by Crippen LogP contribution is 2.53. The van der Waals surface area contributed by atoms with Crippen LogP contribution in [-0.2, 0) is 27.3 Å². The molecule has 3 aliphatic rings. The second kappa shape index (κ2) is 8.64. The monoisotopic (exact) mass is 517 g/mol. The number of phenols is 1. The molecule has 0 spiro atoms. The maximum absolute atomic E-state index is 15.0. The molecule has 1 saturated carbocycles. The average Bonchev–Trinajstić information content (AvgIpc) is 2.74. The van der Waals surface area contributed by atoms with Crippen molar-refractivity contribution < 1.29 is 39.2 Å². The largest absolute Gasteiger partial charge is 0.508 e. The SMILES string of the molecule is CN(C)[C@@H]1C(=O)C(C(N)=O)=C(O)[C@@]2(O)C(=O)C3=C(O)c4c(cc(F)c(CNC(C)(C)C)c4O)C[C@H]3C[C@@H]12. The molecule has 11 heteroatoms. The zero-order valence-electron chi connectivity index (χ0n) is 21.3. The Morgan fingerprint density at radius 1 is 1.24 bits per heavy atom. The second-order valence-corrected chi connectivity index (χ2v) is 11.3. The van der Waals surface area contributed by atoms with E-state index in [1.807, 2.05) is 20.8 Å². The molecule has 1 fully saturated rings. The molecular weight excluding hydrogens is 485 g/mol. The molecule has 3 aliphatic carbocycles. The van der Waals surface area contributed by atoms with Crippen molar-refractivity contribution in [2.24, 2.45) is 17.6 Å². The van der Waals surface area contributed by atoms with Crippen LogP contribution in [-0.4, -0.2) is 74.1 Å². The topological polar surface area (TPSA) is 173 Å². The van der Waals surface area contributed by atoms with E-state index in [1.54, 1.807) is 0 Å². The minimum atomic E-state index is -2.71. The van der Waals surface area contributed by atoms with Gasteiger partial charge in [-0.15, -0.1) is 0 Å². The van der Waals surface area contributed by atoms with Crippen LogP contribution in [0.25, 0.3) is 5.76 Å². The first kappa shape index (κ1) is 26.8. The molecule has 0 aromatic heterocycles. The quantitative estimate of drug-likeness (QED) is 0.318. The van der Waals surface area contributed by atoms with Crippen LogP contribution >= 0.6 is 0 Å². The predicted octanol–water partition coefficient (Wildman–Crippen LogP) is 0.991. The number of ketones is 2. The van der Waals surface area contributed by atoms with E-state index >= 15 is 4.39 Å². The van der Waals surface area contributed by atoms with E-state index in [2.05, 4.69) is 5.32 Å². The Morgan fingerprint density at radius 3 is 2.41 bits per heavy atom. The number of benzene rings is 1. The summed E-state index contributed by atoms with van der Waals surface area (Å²) in [5.41, 5.74) is 1.08. The average molecular weight is 518 g/mol. The van der Waals surface area contributed by atoms with Crippen LogP contribution in [0.4, 0.5) is 4.39 Å². The molecule has 0 heterocycles. The third-order valence-corrected chi connectivity index (χ3v) is 7.56. The number of carbonyl (C=O) groups is 3. The van der Waals surface area contributed by atoms with Gasteiger partial charge in [0.15, 0.2) is 11.4 Å². The number of amides is 1. The number of aliphatic hydroxyl groups is 3. The van der Waals surface area contributed by atoms with Crippen LogP contribution in [0, 0.1) is 17.7 Å². The fraction of sp³-hybridized carbons (Fsp3) is 0.500. The van der Waals surface area contributed by atoms with Crippen LogP contribution in [0.15, 0.2) is 23.0 Å². The third-order valence-electron chi connectivity index (χ3n) is 7.56. The Bertz CT molecular complexity index is 1290. The molecule has 4 rings (SSSR count). The first-order valence-electron chi connectivity index (χ1n) is 11.9. The first-order chi connectivity index (χ1) is 17.0. The lowest BCUT2D eigenvalue weighted by molar-refractivity contribution is -0.153. The Balaban J connectivity index is 1.91. The molecule has 1 aromatic rings. The lowest BCUT2D eigenvalue weighted by Gasteiger charge is -2.50. The maximum atomic E-state index is 15.0. The highest BCUT2D eigenvalue weighted by Gasteiger charge is 2.64. The Morgan fingerprint density at radius 2 is 1.86 bits per heavy atom. The lowest BCUT2D eigenvalue weighted by atomic mass is 9.57. The van der Waals surface area contributed by atoms with Gasteiger partial charge in [0.05, 0.1) is 11.6 Å². The minimum absolute atomic E-state index is 0.0337. The van der Waals surface area contributed by atoms with Crippen LogP contribution in [0.2, 0.25) is 0 Å². The van der Waals surface area contributed by atoms with Crippen LogP contribution in [0.5, 0.6) is 5.75 Å². The highest BCUT2D eigenvalue weighted by atomic mass is 19.1. The van der Waals surface area contributed by atoms with E-state index in [0.717, 1.165) is 0 Å². The number of primary amides is 1. The summed E-state index contributed by atoms with van der Waals surface area (Å²) in [5.74, 6) is -8.19. The maximum Gasteiger partial charge on any atom is 0.255 e. The fourth-order valence-electron chi connectivity index (χ4n) is 5.83. The number of fused-ring (bicyclic) bond motifs is 3. The zero-order chi connectivity index (χ0) is 27.8. The van der Waals surface area contributed by atoms with Crippen molar-refractivity contribution in [2.45, 2.75) is 57.3 Å². The molecule has 0 unspecified atom stereocenters. The normalized spacial score (nSPS) is 27.8. The van der Waals surface area contributed by atoms with Crippen LogP contribution in [0.1, 0.15) is 43.9 Å². The number of nitrogens with two attached hydrogens (primary N) is 1. The van der Waals surface area contributed by atoms with Gasteiger partial charge < -0.3 is 31.5 Å². The van der Waals surface area contributed by atoms with E-state index in [0.29, 0.717) is 0 Å². The van der Waals surface area contributed by atoms with Crippen molar-refractivity contribution >= 4 is 23.2 Å². The van der Waals surface area contributed by atoms with E-state index in [-0.39, 0.29) is 41.6 Å². The number of rotatable bonds is 4. The van der Waals surface area contributed by atoms with Gasteiger partial charge in [-0.05, 0) is 65.3 Å². The number of hydrogen-bond donors (Lipinski definition) is 6. The number of hydrogen-bond acceptors (Lipinski definition) is 9. The third kappa shape index (κ3) is 3.92. The summed E-state index contributed by atoms with van der Waals surface area (Å²) in [6.07, 6.45) is -0.0204. The Kier molecular flexibility index (Phi) is 6.25. The number of Topliss-reactive ketones (excluding diaryl/α,β-unsaturated/α-hetero) is 2. The van der Waals surface area contributed by atoms with Gasteiger partial charge in [0.25, 0.3) is 5.91 Å². The van der Waals surface area contributed by atoms with Crippen LogP contribution in [0.3, 0.4) is 0 Å². The van der Waals surface area contributed by atoms with Gasteiger partial charge in [-0.2, -0.15) is 0 Å². The Hall–Kier alpha value is -3.28. The molecule has 0 bridgehead atoms. The lowest BCUT2D eigenvalue weighted by Crippen LogP contribution is -2.65. The van der Waals surface area contributed by atoms with Gasteiger partial charge in [-0.1, -0.05) is 0 Å². The second-order valence-electron chi connectivity index (χ2n) is 11.3. The van der Waals surface area contributed by atoms with Crippen molar-refractivity contribution in [3.63, 3.8) is 0 Å². The smallest absolute Gasteiger partial charge is 0.255 e. The first-order valence-corrected chi connectivity index (χ1v) is 11.9. The summed E-state index contributed by atoms with van der Waals surface area (Å²) in [5, 5.41) is 47.7. The van der Waals surface area contributed by atoms with Crippen molar-refractivity contribution in [1.29, 1.82) is 0 Å². The molecule has 4 atom stereocenters. The van der Waals surface area contributed by atoms with Gasteiger partial charge in [0.1, 0.15) is 28.7 Å². The molecule has 0 radical (unpaired) electrons. The van der Waals surface area contributed by atoms with Gasteiger partial charge in [0.2, 0.25) is 5.78 Å². The number of aromatic hydroxyl groups is 1.